The molecule has 0 aromatic heterocycles. The van der Waals surface area contributed by atoms with E-state index in [2.05, 4.69) is 10.6 Å². The van der Waals surface area contributed by atoms with Crippen molar-refractivity contribution in [3.8, 4) is 0 Å². The fourth-order valence-electron chi connectivity index (χ4n) is 2.51. The molecule has 0 radical (unpaired) electrons. The van der Waals surface area contributed by atoms with E-state index in [0.717, 1.165) is 5.56 Å². The number of nitrogens with one attached hydrogen (secondary N) is 2. The lowest BCUT2D eigenvalue weighted by atomic mass is 10.1. The summed E-state index contributed by atoms with van der Waals surface area (Å²) in [5.74, 6) is 0.137. The summed E-state index contributed by atoms with van der Waals surface area (Å²) in [4.78, 5) is 11.7. The highest BCUT2D eigenvalue weighted by Crippen LogP contribution is 2.33. The minimum absolute atomic E-state index is 0.0378. The van der Waals surface area contributed by atoms with Crippen LogP contribution in [0.5, 0.6) is 0 Å². The van der Waals surface area contributed by atoms with Crippen LogP contribution < -0.4 is 14.9 Å². The van der Waals surface area contributed by atoms with Crippen LogP contribution in [-0.2, 0) is 16.4 Å². The van der Waals surface area contributed by atoms with Crippen molar-refractivity contribution in [1.29, 1.82) is 0 Å². The second-order valence-electron chi connectivity index (χ2n) is 5.73. The molecular formula is C15H23N3O3S. The summed E-state index contributed by atoms with van der Waals surface area (Å²) in [5.41, 5.74) is 2.26. The molecule has 0 atom stereocenters. The number of fused-ring (bicyclic) bond motifs is 1. The molecule has 0 unspecified atom stereocenters. The molecule has 1 aliphatic rings. The SMILES string of the molecule is CCCS(=O)(=O)N1CCc2ccc(NC(=O)NC(C)C)cc21. The molecule has 1 aliphatic heterocycles. The number of hydrogen-bond donors (Lipinski definition) is 2. The second kappa shape index (κ2) is 6.56. The van der Waals surface area contributed by atoms with Gasteiger partial charge in [0.2, 0.25) is 10.0 Å². The molecule has 2 N–H and O–H groups in total. The third-order valence-corrected chi connectivity index (χ3v) is 5.39. The van der Waals surface area contributed by atoms with Gasteiger partial charge in [0, 0.05) is 18.3 Å². The summed E-state index contributed by atoms with van der Waals surface area (Å²) < 4.78 is 26.1. The number of rotatable bonds is 5. The minimum atomic E-state index is -3.28. The normalized spacial score (nSPS) is 14.1. The van der Waals surface area contributed by atoms with Crippen molar-refractivity contribution in [2.24, 2.45) is 0 Å². The van der Waals surface area contributed by atoms with Gasteiger partial charge in [-0.3, -0.25) is 4.31 Å². The van der Waals surface area contributed by atoms with Gasteiger partial charge in [-0.25, -0.2) is 13.2 Å². The topological polar surface area (TPSA) is 78.5 Å². The Morgan fingerprint density at radius 3 is 2.73 bits per heavy atom. The van der Waals surface area contributed by atoms with Gasteiger partial charge < -0.3 is 10.6 Å². The van der Waals surface area contributed by atoms with Crippen molar-refractivity contribution >= 4 is 27.4 Å². The van der Waals surface area contributed by atoms with Crippen molar-refractivity contribution in [3.63, 3.8) is 0 Å². The predicted molar refractivity (Wildman–Crippen MR) is 88.9 cm³/mol. The lowest BCUT2D eigenvalue weighted by molar-refractivity contribution is 0.250. The molecule has 2 amide bonds. The van der Waals surface area contributed by atoms with E-state index < -0.39 is 10.0 Å². The smallest absolute Gasteiger partial charge is 0.319 e. The third-order valence-electron chi connectivity index (χ3n) is 3.41. The summed E-state index contributed by atoms with van der Waals surface area (Å²) in [6, 6.07) is 5.15. The molecular weight excluding hydrogens is 302 g/mol. The zero-order valence-corrected chi connectivity index (χ0v) is 14.0. The van der Waals surface area contributed by atoms with Gasteiger partial charge in [-0.2, -0.15) is 0 Å². The van der Waals surface area contributed by atoms with Crippen LogP contribution in [0.2, 0.25) is 0 Å². The highest BCUT2D eigenvalue weighted by atomic mass is 32.2. The van der Waals surface area contributed by atoms with E-state index in [0.29, 0.717) is 30.8 Å². The molecule has 6 nitrogen and oxygen atoms in total. The first kappa shape index (κ1) is 16.6. The van der Waals surface area contributed by atoms with Crippen molar-refractivity contribution in [3.05, 3.63) is 23.8 Å². The number of anilines is 2. The molecule has 122 valence electrons. The molecule has 0 saturated heterocycles. The standard InChI is InChI=1S/C15H23N3O3S/c1-4-9-22(20,21)18-8-7-12-5-6-13(10-14(12)18)17-15(19)16-11(2)3/h5-6,10-11H,4,7-9H2,1-3H3,(H2,16,17,19). The van der Waals surface area contributed by atoms with Crippen molar-refractivity contribution in [1.82, 2.24) is 5.32 Å². The molecule has 1 aromatic carbocycles. The number of amides is 2. The predicted octanol–water partition coefficient (Wildman–Crippen LogP) is 2.32. The van der Waals surface area contributed by atoms with Gasteiger partial charge in [-0.1, -0.05) is 13.0 Å². The van der Waals surface area contributed by atoms with Crippen LogP contribution in [0, 0.1) is 0 Å². The molecule has 1 aromatic rings. The van der Waals surface area contributed by atoms with E-state index in [-0.39, 0.29) is 17.8 Å². The van der Waals surface area contributed by atoms with Gasteiger partial charge in [0.15, 0.2) is 0 Å². The Morgan fingerprint density at radius 1 is 1.36 bits per heavy atom. The van der Waals surface area contributed by atoms with Crippen LogP contribution >= 0.6 is 0 Å². The minimum Gasteiger partial charge on any atom is -0.336 e. The number of benzene rings is 1. The summed E-state index contributed by atoms with van der Waals surface area (Å²) in [6.07, 6.45) is 1.29. The highest BCUT2D eigenvalue weighted by Gasteiger charge is 2.28. The Bertz CT molecular complexity index is 656. The largest absolute Gasteiger partial charge is 0.336 e. The van der Waals surface area contributed by atoms with Gasteiger partial charge in [0.1, 0.15) is 0 Å². The van der Waals surface area contributed by atoms with E-state index in [1.165, 1.54) is 4.31 Å². The maximum Gasteiger partial charge on any atom is 0.319 e. The first-order valence-electron chi connectivity index (χ1n) is 7.54. The summed E-state index contributed by atoms with van der Waals surface area (Å²) in [6.45, 7) is 6.07. The Hall–Kier alpha value is -1.76. The number of carbonyl (C=O) groups is 1. The molecule has 0 fully saturated rings. The molecule has 2 rings (SSSR count). The summed E-state index contributed by atoms with van der Waals surface area (Å²) >= 11 is 0. The Morgan fingerprint density at radius 2 is 2.09 bits per heavy atom. The van der Waals surface area contributed by atoms with Crippen molar-refractivity contribution < 1.29 is 13.2 Å². The first-order valence-corrected chi connectivity index (χ1v) is 9.15. The quantitative estimate of drug-likeness (QED) is 0.872. The monoisotopic (exact) mass is 325 g/mol. The molecule has 0 saturated carbocycles. The Kier molecular flexibility index (Phi) is 4.95. The van der Waals surface area contributed by atoms with Crippen LogP contribution in [0.4, 0.5) is 16.2 Å². The van der Waals surface area contributed by atoms with E-state index in [1.807, 2.05) is 26.8 Å². The lowest BCUT2D eigenvalue weighted by Gasteiger charge is -2.20. The van der Waals surface area contributed by atoms with Crippen LogP contribution in [0.25, 0.3) is 0 Å². The second-order valence-corrected chi connectivity index (χ2v) is 7.75. The van der Waals surface area contributed by atoms with Crippen molar-refractivity contribution in [2.45, 2.75) is 39.7 Å². The summed E-state index contributed by atoms with van der Waals surface area (Å²) in [7, 11) is -3.28. The number of sulfonamides is 1. The zero-order chi connectivity index (χ0) is 16.3. The average Bonchev–Trinajstić information content (AvgIpc) is 2.81. The van der Waals surface area contributed by atoms with Gasteiger partial charge in [-0.15, -0.1) is 0 Å². The Labute approximate surface area is 131 Å². The van der Waals surface area contributed by atoms with E-state index >= 15 is 0 Å². The van der Waals surface area contributed by atoms with Gasteiger partial charge in [0.05, 0.1) is 11.4 Å². The Balaban J connectivity index is 2.21. The molecule has 0 spiro atoms. The van der Waals surface area contributed by atoms with E-state index in [4.69, 9.17) is 0 Å². The van der Waals surface area contributed by atoms with Crippen LogP contribution in [0.15, 0.2) is 18.2 Å². The number of hydrogen-bond acceptors (Lipinski definition) is 3. The number of nitrogens with zero attached hydrogens (tertiary/aromatic N) is 1. The van der Waals surface area contributed by atoms with Crippen LogP contribution in [0.3, 0.4) is 0 Å². The van der Waals surface area contributed by atoms with Crippen molar-refractivity contribution in [2.75, 3.05) is 21.9 Å². The van der Waals surface area contributed by atoms with E-state index in [1.54, 1.807) is 12.1 Å². The average molecular weight is 325 g/mol. The maximum absolute atomic E-state index is 12.3. The van der Waals surface area contributed by atoms with Crippen LogP contribution in [0.1, 0.15) is 32.8 Å². The molecule has 1 heterocycles. The van der Waals surface area contributed by atoms with Gasteiger partial charge in [-0.05, 0) is 44.4 Å². The summed E-state index contributed by atoms with van der Waals surface area (Å²) in [5, 5.41) is 5.47. The molecule has 22 heavy (non-hydrogen) atoms. The number of urea groups is 1. The molecule has 0 aliphatic carbocycles. The highest BCUT2D eigenvalue weighted by molar-refractivity contribution is 7.92. The zero-order valence-electron chi connectivity index (χ0n) is 13.2. The lowest BCUT2D eigenvalue weighted by Crippen LogP contribution is -2.34. The van der Waals surface area contributed by atoms with Gasteiger partial charge in [0.25, 0.3) is 0 Å². The fraction of sp³-hybridized carbons (Fsp3) is 0.533. The molecule has 0 bridgehead atoms. The fourth-order valence-corrected chi connectivity index (χ4v) is 4.09. The van der Waals surface area contributed by atoms with Gasteiger partial charge >= 0.3 is 6.03 Å². The number of carbonyl (C=O) groups excluding carboxylic acids is 1. The van der Waals surface area contributed by atoms with Crippen LogP contribution in [-0.4, -0.2) is 32.8 Å². The van der Waals surface area contributed by atoms with E-state index in [9.17, 15) is 13.2 Å². The first-order chi connectivity index (χ1) is 10.3. The third kappa shape index (κ3) is 3.71. The molecule has 7 heteroatoms. The maximum atomic E-state index is 12.3.